The number of nitrogens with one attached hydrogen (secondary N) is 1. The van der Waals surface area contributed by atoms with Gasteiger partial charge in [-0.2, -0.15) is 4.31 Å². The lowest BCUT2D eigenvalue weighted by atomic mass is 10.1. The van der Waals surface area contributed by atoms with Crippen LogP contribution in [0.1, 0.15) is 32.1 Å². The number of nitrogens with zero attached hydrogens (tertiary/aromatic N) is 2. The summed E-state index contributed by atoms with van der Waals surface area (Å²) in [5.41, 5.74) is 0.732. The monoisotopic (exact) mass is 379 g/mol. The Bertz CT molecular complexity index is 693. The predicted octanol–water partition coefficient (Wildman–Crippen LogP) is 2.70. The van der Waals surface area contributed by atoms with Crippen molar-refractivity contribution in [2.45, 2.75) is 37.0 Å². The van der Waals surface area contributed by atoms with Crippen LogP contribution in [0.4, 0.5) is 5.69 Å². The molecule has 1 heterocycles. The van der Waals surface area contributed by atoms with E-state index in [-0.39, 0.29) is 23.9 Å². The minimum Gasteiger partial charge on any atom is -0.376 e. The topological polar surface area (TPSA) is 69.7 Å². The summed E-state index contributed by atoms with van der Waals surface area (Å²) < 4.78 is 26.0. The molecular weight excluding hydrogens is 350 g/mol. The molecule has 0 unspecified atom stereocenters. The van der Waals surface area contributed by atoms with E-state index in [4.69, 9.17) is 0 Å². The summed E-state index contributed by atoms with van der Waals surface area (Å²) in [6.07, 6.45) is 7.31. The average molecular weight is 380 g/mol. The van der Waals surface area contributed by atoms with Crippen LogP contribution in [0.25, 0.3) is 0 Å². The maximum atomic E-state index is 12.4. The molecule has 1 aromatic carbocycles. The molecule has 1 N–H and O–H groups in total. The normalized spacial score (nSPS) is 16.0. The molecule has 0 bridgehead atoms. The van der Waals surface area contributed by atoms with Gasteiger partial charge in [0.1, 0.15) is 0 Å². The van der Waals surface area contributed by atoms with Crippen LogP contribution in [-0.4, -0.2) is 56.8 Å². The van der Waals surface area contributed by atoms with E-state index in [1.807, 2.05) is 4.90 Å². The molecule has 0 atom stereocenters. The summed E-state index contributed by atoms with van der Waals surface area (Å²) in [5, 5.41) is 3.09. The van der Waals surface area contributed by atoms with Gasteiger partial charge in [-0.1, -0.05) is 25.3 Å². The number of anilines is 1. The third-order valence-electron chi connectivity index (χ3n) is 4.60. The van der Waals surface area contributed by atoms with Crippen LogP contribution in [-0.2, 0) is 14.8 Å². The predicted molar refractivity (Wildman–Crippen MR) is 105 cm³/mol. The van der Waals surface area contributed by atoms with Crippen LogP contribution in [0.5, 0.6) is 0 Å². The zero-order valence-corrected chi connectivity index (χ0v) is 16.3. The Morgan fingerprint density at radius 3 is 2.31 bits per heavy atom. The van der Waals surface area contributed by atoms with Crippen molar-refractivity contribution in [2.75, 3.05) is 38.5 Å². The average Bonchev–Trinajstić information content (AvgIpc) is 2.60. The summed E-state index contributed by atoms with van der Waals surface area (Å²) in [6, 6.07) is 6.49. The zero-order chi connectivity index (χ0) is 19.0. The van der Waals surface area contributed by atoms with Crippen molar-refractivity contribution in [3.05, 3.63) is 36.9 Å². The molecule has 0 saturated carbocycles. The van der Waals surface area contributed by atoms with E-state index in [9.17, 15) is 13.2 Å². The molecule has 1 aromatic rings. The first-order valence-corrected chi connectivity index (χ1v) is 10.6. The first kappa shape index (κ1) is 20.5. The second-order valence-corrected chi connectivity index (χ2v) is 8.65. The highest BCUT2D eigenvalue weighted by Gasteiger charge is 2.19. The molecule has 1 saturated heterocycles. The Hall–Kier alpha value is -1.86. The van der Waals surface area contributed by atoms with Gasteiger partial charge in [0, 0.05) is 32.4 Å². The van der Waals surface area contributed by atoms with Crippen LogP contribution >= 0.6 is 0 Å². The number of rotatable bonds is 7. The van der Waals surface area contributed by atoms with Gasteiger partial charge < -0.3 is 10.2 Å². The van der Waals surface area contributed by atoms with E-state index in [1.54, 1.807) is 30.3 Å². The van der Waals surface area contributed by atoms with Gasteiger partial charge in [-0.15, -0.1) is 6.58 Å². The quantitative estimate of drug-likeness (QED) is 0.740. The third kappa shape index (κ3) is 5.57. The Kier molecular flexibility index (Phi) is 7.66. The second-order valence-electron chi connectivity index (χ2n) is 6.60. The van der Waals surface area contributed by atoms with Crippen molar-refractivity contribution in [3.8, 4) is 0 Å². The van der Waals surface area contributed by atoms with E-state index in [1.165, 1.54) is 30.6 Å². The van der Waals surface area contributed by atoms with Gasteiger partial charge in [0.15, 0.2) is 0 Å². The smallest absolute Gasteiger partial charge is 0.243 e. The van der Waals surface area contributed by atoms with Crippen molar-refractivity contribution >= 4 is 21.6 Å². The number of hydrogen-bond donors (Lipinski definition) is 1. The summed E-state index contributed by atoms with van der Waals surface area (Å²) in [4.78, 5) is 14.5. The van der Waals surface area contributed by atoms with Crippen molar-refractivity contribution in [1.29, 1.82) is 0 Å². The van der Waals surface area contributed by atoms with E-state index in [0.29, 0.717) is 0 Å². The molecule has 0 aliphatic carbocycles. The fourth-order valence-electron chi connectivity index (χ4n) is 2.99. The van der Waals surface area contributed by atoms with Crippen molar-refractivity contribution in [1.82, 2.24) is 9.21 Å². The number of sulfonamides is 1. The Morgan fingerprint density at radius 2 is 1.73 bits per heavy atom. The highest BCUT2D eigenvalue weighted by atomic mass is 32.2. The Morgan fingerprint density at radius 1 is 1.15 bits per heavy atom. The van der Waals surface area contributed by atoms with Crippen LogP contribution in [0.3, 0.4) is 0 Å². The molecule has 7 heteroatoms. The summed E-state index contributed by atoms with van der Waals surface area (Å²) in [6.45, 7) is 5.70. The fraction of sp³-hybridized carbons (Fsp3) is 0.526. The van der Waals surface area contributed by atoms with E-state index in [0.717, 1.165) is 31.6 Å². The van der Waals surface area contributed by atoms with Gasteiger partial charge >= 0.3 is 0 Å². The fourth-order valence-corrected chi connectivity index (χ4v) is 4.13. The number of carbonyl (C=O) groups is 1. The summed E-state index contributed by atoms with van der Waals surface area (Å²) in [5.74, 6) is 0.0920. The Balaban J connectivity index is 1.92. The van der Waals surface area contributed by atoms with Crippen LogP contribution < -0.4 is 5.32 Å². The van der Waals surface area contributed by atoms with Gasteiger partial charge in [0.2, 0.25) is 15.9 Å². The molecule has 1 aliphatic heterocycles. The number of benzene rings is 1. The minimum atomic E-state index is -3.51. The highest BCUT2D eigenvalue weighted by molar-refractivity contribution is 7.89. The van der Waals surface area contributed by atoms with Crippen LogP contribution in [0.2, 0.25) is 0 Å². The van der Waals surface area contributed by atoms with Crippen LogP contribution in [0, 0.1) is 0 Å². The third-order valence-corrected chi connectivity index (χ3v) is 6.44. The van der Waals surface area contributed by atoms with Gasteiger partial charge in [-0.05, 0) is 37.1 Å². The largest absolute Gasteiger partial charge is 0.376 e. The molecule has 1 aliphatic rings. The summed E-state index contributed by atoms with van der Waals surface area (Å²) in [7, 11) is -2.00. The molecule has 2 rings (SSSR count). The molecule has 1 amide bonds. The van der Waals surface area contributed by atoms with Gasteiger partial charge in [-0.3, -0.25) is 4.79 Å². The van der Waals surface area contributed by atoms with E-state index >= 15 is 0 Å². The molecular formula is C19H29N3O3S. The molecule has 6 nitrogen and oxygen atoms in total. The van der Waals surface area contributed by atoms with Crippen molar-refractivity contribution < 1.29 is 13.2 Å². The van der Waals surface area contributed by atoms with Crippen molar-refractivity contribution in [2.24, 2.45) is 0 Å². The molecule has 0 spiro atoms. The first-order valence-electron chi connectivity index (χ1n) is 9.14. The number of hydrogen-bond acceptors (Lipinski definition) is 4. The molecule has 1 fully saturated rings. The van der Waals surface area contributed by atoms with Gasteiger partial charge in [0.25, 0.3) is 0 Å². The lowest BCUT2D eigenvalue weighted by molar-refractivity contribution is -0.129. The number of likely N-dealkylation sites (N-methyl/N-ethyl adjacent to an activating group) is 1. The van der Waals surface area contributed by atoms with Crippen LogP contribution in [0.15, 0.2) is 41.8 Å². The highest BCUT2D eigenvalue weighted by Crippen LogP contribution is 2.17. The first-order chi connectivity index (χ1) is 12.4. The molecule has 0 aromatic heterocycles. The number of amides is 1. The maximum absolute atomic E-state index is 12.4. The van der Waals surface area contributed by atoms with Gasteiger partial charge in [-0.25, -0.2) is 8.42 Å². The SMILES string of the molecule is C=CCN(C)S(=O)(=O)c1ccc(NCC(=O)N2CCCCCCC2)cc1. The minimum absolute atomic E-state index is 0.0920. The lowest BCUT2D eigenvalue weighted by Gasteiger charge is -2.25. The zero-order valence-electron chi connectivity index (χ0n) is 15.5. The second kappa shape index (κ2) is 9.73. The standard InChI is InChI=1S/C19H29N3O3S/c1-3-13-21(2)26(24,25)18-11-9-17(10-12-18)20-16-19(23)22-14-7-5-4-6-8-15-22/h3,9-12,20H,1,4-8,13-16H2,2H3. The lowest BCUT2D eigenvalue weighted by Crippen LogP contribution is -2.37. The van der Waals surface area contributed by atoms with Crippen molar-refractivity contribution in [3.63, 3.8) is 0 Å². The molecule has 144 valence electrons. The van der Waals surface area contributed by atoms with E-state index < -0.39 is 10.0 Å². The van der Waals surface area contributed by atoms with E-state index in [2.05, 4.69) is 11.9 Å². The molecule has 0 radical (unpaired) electrons. The summed E-state index contributed by atoms with van der Waals surface area (Å²) >= 11 is 0. The molecule has 26 heavy (non-hydrogen) atoms. The Labute approximate surface area is 156 Å². The van der Waals surface area contributed by atoms with Gasteiger partial charge in [0.05, 0.1) is 11.4 Å². The number of likely N-dealkylation sites (tertiary alicyclic amines) is 1. The number of carbonyl (C=O) groups excluding carboxylic acids is 1. The maximum Gasteiger partial charge on any atom is 0.243 e.